The summed E-state index contributed by atoms with van der Waals surface area (Å²) in [5, 5.41) is 6.18. The maximum absolute atomic E-state index is 12.3. The number of rotatable bonds is 6. The van der Waals surface area contributed by atoms with Crippen LogP contribution in [-0.4, -0.2) is 42.9 Å². The average Bonchev–Trinajstić information content (AvgIpc) is 3.43. The minimum absolute atomic E-state index is 0. The van der Waals surface area contributed by atoms with Crippen LogP contribution in [0.25, 0.3) is 0 Å². The summed E-state index contributed by atoms with van der Waals surface area (Å²) in [7, 11) is 0. The van der Waals surface area contributed by atoms with Crippen molar-refractivity contribution in [1.82, 2.24) is 10.2 Å². The van der Waals surface area contributed by atoms with Gasteiger partial charge in [0.2, 0.25) is 11.8 Å². The minimum atomic E-state index is -0.0526. The zero-order chi connectivity index (χ0) is 16.1. The third kappa shape index (κ3) is 5.41. The molecule has 1 saturated carbocycles. The first-order valence-corrected chi connectivity index (χ1v) is 8.57. The van der Waals surface area contributed by atoms with Crippen LogP contribution in [0.2, 0.25) is 0 Å². The Labute approximate surface area is 149 Å². The van der Waals surface area contributed by atoms with Gasteiger partial charge in [0, 0.05) is 25.3 Å². The molecule has 0 radical (unpaired) electrons. The van der Waals surface area contributed by atoms with Crippen LogP contribution in [0.1, 0.15) is 25.7 Å². The molecule has 2 fully saturated rings. The molecule has 3 rings (SSSR count). The highest BCUT2D eigenvalue weighted by Gasteiger charge is 2.29. The van der Waals surface area contributed by atoms with E-state index in [1.807, 2.05) is 35.2 Å². The van der Waals surface area contributed by atoms with Crippen molar-refractivity contribution >= 4 is 29.9 Å². The van der Waals surface area contributed by atoms with Crippen LogP contribution in [0.3, 0.4) is 0 Å². The van der Waals surface area contributed by atoms with E-state index >= 15 is 0 Å². The first kappa shape index (κ1) is 18.6. The Morgan fingerprint density at radius 1 is 1.12 bits per heavy atom. The summed E-state index contributed by atoms with van der Waals surface area (Å²) in [6, 6.07) is 9.71. The smallest absolute Gasteiger partial charge is 0.241 e. The van der Waals surface area contributed by atoms with Crippen molar-refractivity contribution in [2.24, 2.45) is 11.8 Å². The molecule has 5 nitrogen and oxygen atoms in total. The summed E-state index contributed by atoms with van der Waals surface area (Å²) in [5.41, 5.74) is 0.941. The number of piperidine rings is 1. The number of carbonyl (C=O) groups excluding carboxylic acids is 2. The number of nitrogens with one attached hydrogen (secondary N) is 2. The van der Waals surface area contributed by atoms with Gasteiger partial charge in [-0.05, 0) is 43.7 Å². The molecule has 0 spiro atoms. The minimum Gasteiger partial charge on any atom is -0.376 e. The lowest BCUT2D eigenvalue weighted by atomic mass is 9.97. The fourth-order valence-electron chi connectivity index (χ4n) is 2.97. The number of halogens is 1. The van der Waals surface area contributed by atoms with Gasteiger partial charge in [0.1, 0.15) is 0 Å². The number of benzene rings is 1. The van der Waals surface area contributed by atoms with Gasteiger partial charge in [-0.3, -0.25) is 9.59 Å². The zero-order valence-electron chi connectivity index (χ0n) is 13.9. The Kier molecular flexibility index (Phi) is 6.91. The molecule has 1 atom stereocenters. The van der Waals surface area contributed by atoms with Crippen molar-refractivity contribution < 1.29 is 9.59 Å². The summed E-state index contributed by atoms with van der Waals surface area (Å²) < 4.78 is 0. The largest absolute Gasteiger partial charge is 0.376 e. The van der Waals surface area contributed by atoms with Crippen LogP contribution >= 0.6 is 12.4 Å². The van der Waals surface area contributed by atoms with E-state index in [-0.39, 0.29) is 36.7 Å². The number of hydrogen-bond acceptors (Lipinski definition) is 3. The monoisotopic (exact) mass is 351 g/mol. The van der Waals surface area contributed by atoms with E-state index in [0.29, 0.717) is 12.5 Å². The Bertz CT molecular complexity index is 548. The lowest BCUT2D eigenvalue weighted by Gasteiger charge is -2.32. The lowest BCUT2D eigenvalue weighted by Crippen LogP contribution is -2.47. The molecule has 1 unspecified atom stereocenters. The summed E-state index contributed by atoms with van der Waals surface area (Å²) in [4.78, 5) is 26.4. The summed E-state index contributed by atoms with van der Waals surface area (Å²) in [5.74, 6) is 0.817. The van der Waals surface area contributed by atoms with E-state index in [1.165, 1.54) is 12.8 Å². The third-order valence-corrected chi connectivity index (χ3v) is 4.62. The second kappa shape index (κ2) is 8.92. The molecule has 2 amide bonds. The van der Waals surface area contributed by atoms with Crippen LogP contribution in [0, 0.1) is 11.8 Å². The summed E-state index contributed by atoms with van der Waals surface area (Å²) >= 11 is 0. The Hall–Kier alpha value is -1.75. The fraction of sp³-hybridized carbons (Fsp3) is 0.556. The SMILES string of the molecule is Cl.O=C(NCC1CC1)C1CCCN(C(=O)CNc2ccccc2)C1. The number of nitrogens with zero attached hydrogens (tertiary/aromatic N) is 1. The second-order valence-corrected chi connectivity index (χ2v) is 6.59. The fourth-order valence-corrected chi connectivity index (χ4v) is 2.97. The highest BCUT2D eigenvalue weighted by atomic mass is 35.5. The molecule has 1 aliphatic carbocycles. The Balaban J connectivity index is 0.00000208. The van der Waals surface area contributed by atoms with Gasteiger partial charge in [-0.25, -0.2) is 0 Å². The molecule has 2 aliphatic rings. The molecule has 0 bridgehead atoms. The predicted octanol–water partition coefficient (Wildman–Crippen LogP) is 2.29. The van der Waals surface area contributed by atoms with Crippen molar-refractivity contribution in [3.63, 3.8) is 0 Å². The topological polar surface area (TPSA) is 61.4 Å². The average molecular weight is 352 g/mol. The first-order chi connectivity index (χ1) is 11.2. The van der Waals surface area contributed by atoms with E-state index < -0.39 is 0 Å². The van der Waals surface area contributed by atoms with Gasteiger partial charge in [0.25, 0.3) is 0 Å². The number of likely N-dealkylation sites (tertiary alicyclic amines) is 1. The Morgan fingerprint density at radius 3 is 2.58 bits per heavy atom. The molecule has 1 aromatic carbocycles. The molecular weight excluding hydrogens is 326 g/mol. The number of amides is 2. The van der Waals surface area contributed by atoms with E-state index in [9.17, 15) is 9.59 Å². The van der Waals surface area contributed by atoms with Crippen LogP contribution in [0.4, 0.5) is 5.69 Å². The van der Waals surface area contributed by atoms with Crippen molar-refractivity contribution in [3.05, 3.63) is 30.3 Å². The molecule has 6 heteroatoms. The van der Waals surface area contributed by atoms with E-state index in [1.54, 1.807) is 0 Å². The summed E-state index contributed by atoms with van der Waals surface area (Å²) in [6.45, 7) is 2.38. The van der Waals surface area contributed by atoms with E-state index in [4.69, 9.17) is 0 Å². The molecule has 1 aromatic rings. The molecule has 1 heterocycles. The first-order valence-electron chi connectivity index (χ1n) is 8.57. The predicted molar refractivity (Wildman–Crippen MR) is 97.2 cm³/mol. The van der Waals surface area contributed by atoms with Crippen molar-refractivity contribution in [1.29, 1.82) is 0 Å². The highest BCUT2D eigenvalue weighted by molar-refractivity contribution is 5.85. The quantitative estimate of drug-likeness (QED) is 0.826. The highest BCUT2D eigenvalue weighted by Crippen LogP contribution is 2.28. The van der Waals surface area contributed by atoms with E-state index in [0.717, 1.165) is 31.6 Å². The standard InChI is InChI=1S/C18H25N3O2.ClH/c22-17(12-19-16-6-2-1-3-7-16)21-10-4-5-15(13-21)18(23)20-11-14-8-9-14;/h1-3,6-7,14-15,19H,4-5,8-13H2,(H,20,23);1H. The molecule has 0 aromatic heterocycles. The van der Waals surface area contributed by atoms with Crippen LogP contribution in [0.15, 0.2) is 30.3 Å². The number of carbonyl (C=O) groups is 2. The molecule has 132 valence electrons. The molecular formula is C18H26ClN3O2. The Morgan fingerprint density at radius 2 is 1.88 bits per heavy atom. The van der Waals surface area contributed by atoms with Gasteiger partial charge in [-0.15, -0.1) is 12.4 Å². The van der Waals surface area contributed by atoms with Gasteiger partial charge in [0.15, 0.2) is 0 Å². The number of anilines is 1. The molecule has 2 N–H and O–H groups in total. The lowest BCUT2D eigenvalue weighted by molar-refractivity contribution is -0.134. The van der Waals surface area contributed by atoms with Gasteiger partial charge < -0.3 is 15.5 Å². The molecule has 1 saturated heterocycles. The van der Waals surface area contributed by atoms with Crippen molar-refractivity contribution in [2.45, 2.75) is 25.7 Å². The van der Waals surface area contributed by atoms with Gasteiger partial charge in [0.05, 0.1) is 12.5 Å². The van der Waals surface area contributed by atoms with Gasteiger partial charge >= 0.3 is 0 Å². The van der Waals surface area contributed by atoms with Crippen LogP contribution in [0.5, 0.6) is 0 Å². The normalized spacial score (nSPS) is 20.0. The number of para-hydroxylation sites is 1. The zero-order valence-corrected chi connectivity index (χ0v) is 14.7. The van der Waals surface area contributed by atoms with Gasteiger partial charge in [-0.2, -0.15) is 0 Å². The van der Waals surface area contributed by atoms with Crippen LogP contribution < -0.4 is 10.6 Å². The van der Waals surface area contributed by atoms with Crippen molar-refractivity contribution in [2.75, 3.05) is 31.5 Å². The maximum atomic E-state index is 12.3. The number of hydrogen-bond donors (Lipinski definition) is 2. The molecule has 1 aliphatic heterocycles. The second-order valence-electron chi connectivity index (χ2n) is 6.59. The molecule has 24 heavy (non-hydrogen) atoms. The van der Waals surface area contributed by atoms with Crippen LogP contribution in [-0.2, 0) is 9.59 Å². The maximum Gasteiger partial charge on any atom is 0.241 e. The van der Waals surface area contributed by atoms with Gasteiger partial charge in [-0.1, -0.05) is 18.2 Å². The van der Waals surface area contributed by atoms with Crippen molar-refractivity contribution in [3.8, 4) is 0 Å². The third-order valence-electron chi connectivity index (χ3n) is 4.62. The summed E-state index contributed by atoms with van der Waals surface area (Å²) in [6.07, 6.45) is 4.26. The van der Waals surface area contributed by atoms with E-state index in [2.05, 4.69) is 10.6 Å².